The molecule has 0 bridgehead atoms. The van der Waals surface area contributed by atoms with Crippen molar-refractivity contribution in [2.45, 2.75) is 52.0 Å². The minimum atomic E-state index is -0.527. The van der Waals surface area contributed by atoms with Gasteiger partial charge in [0.15, 0.2) is 5.76 Å². The number of hydrogen-bond donors (Lipinski definition) is 0. The number of ether oxygens (including phenoxy) is 1. The number of benzene rings is 2. The van der Waals surface area contributed by atoms with Crippen molar-refractivity contribution >= 4 is 46.7 Å². The molecule has 0 amide bonds. The van der Waals surface area contributed by atoms with E-state index in [0.717, 1.165) is 33.4 Å². The highest BCUT2D eigenvalue weighted by Crippen LogP contribution is 2.49. The summed E-state index contributed by atoms with van der Waals surface area (Å²) < 4.78 is 27.2. The van der Waals surface area contributed by atoms with Gasteiger partial charge in [0, 0.05) is 16.0 Å². The van der Waals surface area contributed by atoms with Gasteiger partial charge in [0.2, 0.25) is 6.23 Å². The Kier molecular flexibility index (Phi) is 4.76. The summed E-state index contributed by atoms with van der Waals surface area (Å²) >= 11 is 13.3. The number of fused-ring (bicyclic) bond motifs is 5. The molecule has 6 rings (SSSR count). The van der Waals surface area contributed by atoms with Gasteiger partial charge in [-0.1, -0.05) is 29.3 Å². The summed E-state index contributed by atoms with van der Waals surface area (Å²) in [5.41, 5.74) is 2.69. The Morgan fingerprint density at radius 3 is 2.32 bits per heavy atom. The van der Waals surface area contributed by atoms with Gasteiger partial charge < -0.3 is 18.5 Å². The van der Waals surface area contributed by atoms with E-state index in [4.69, 9.17) is 41.7 Å². The summed E-state index contributed by atoms with van der Waals surface area (Å²) in [6, 6.07) is 15.6. The second kappa shape index (κ2) is 7.31. The highest BCUT2D eigenvalue weighted by molar-refractivity contribution is 6.62. The van der Waals surface area contributed by atoms with Crippen LogP contribution in [0.1, 0.15) is 45.4 Å². The molecule has 34 heavy (non-hydrogen) atoms. The van der Waals surface area contributed by atoms with E-state index in [1.54, 1.807) is 0 Å². The maximum Gasteiger partial charge on any atom is 0.494 e. The van der Waals surface area contributed by atoms with E-state index >= 15 is 0 Å². The molecule has 1 saturated heterocycles. The predicted octanol–water partition coefficient (Wildman–Crippen LogP) is 6.76. The Balaban J connectivity index is 1.54. The Hall–Kier alpha value is -2.38. The fourth-order valence-electron chi connectivity index (χ4n) is 4.64. The van der Waals surface area contributed by atoms with Gasteiger partial charge in [-0.25, -0.2) is 0 Å². The average molecular weight is 496 g/mol. The molecule has 174 valence electrons. The van der Waals surface area contributed by atoms with Crippen molar-refractivity contribution in [3.63, 3.8) is 0 Å². The van der Waals surface area contributed by atoms with Gasteiger partial charge in [-0.15, -0.1) is 0 Å². The first-order chi connectivity index (χ1) is 16.1. The van der Waals surface area contributed by atoms with Crippen LogP contribution in [-0.4, -0.2) is 22.9 Å². The van der Waals surface area contributed by atoms with E-state index in [1.165, 1.54) is 0 Å². The van der Waals surface area contributed by atoms with Crippen LogP contribution < -0.4 is 10.2 Å². The van der Waals surface area contributed by atoms with Gasteiger partial charge >= 0.3 is 7.12 Å². The van der Waals surface area contributed by atoms with E-state index in [2.05, 4.69) is 4.57 Å². The molecule has 2 aliphatic heterocycles. The van der Waals surface area contributed by atoms with Crippen molar-refractivity contribution in [2.24, 2.45) is 0 Å². The highest BCUT2D eigenvalue weighted by Gasteiger charge is 2.52. The molecule has 2 aromatic heterocycles. The first-order valence-electron chi connectivity index (χ1n) is 11.3. The number of hydrogen-bond acceptors (Lipinski definition) is 4. The summed E-state index contributed by atoms with van der Waals surface area (Å²) in [6.07, 6.45) is -0.527. The standard InChI is InChI=1S/C26H24BCl2NO4/c1-14-6-11-20(31-14)24-30-19-10-8-16(28)13-18(19)22(29)23(30)17-9-7-15(12-21(17)32-24)27-33-25(2,3)26(4,5)34-27/h6-13,24H,1-5H3. The van der Waals surface area contributed by atoms with Crippen LogP contribution in [-0.2, 0) is 9.31 Å². The topological polar surface area (TPSA) is 45.8 Å². The quantitative estimate of drug-likeness (QED) is 0.288. The molecule has 0 spiro atoms. The maximum absolute atomic E-state index is 6.96. The highest BCUT2D eigenvalue weighted by atomic mass is 35.5. The third kappa shape index (κ3) is 3.16. The van der Waals surface area contributed by atoms with Gasteiger partial charge in [-0.2, -0.15) is 0 Å². The van der Waals surface area contributed by atoms with Gasteiger partial charge in [0.25, 0.3) is 0 Å². The second-order valence-corrected chi connectivity index (χ2v) is 10.8. The van der Waals surface area contributed by atoms with Crippen LogP contribution in [0.5, 0.6) is 5.75 Å². The Morgan fingerprint density at radius 2 is 1.65 bits per heavy atom. The van der Waals surface area contributed by atoms with E-state index in [1.807, 2.05) is 83.1 Å². The number of aryl methyl sites for hydroxylation is 1. The Labute approximate surface area is 208 Å². The van der Waals surface area contributed by atoms with Gasteiger partial charge in [-0.05, 0) is 82.5 Å². The van der Waals surface area contributed by atoms with Crippen LogP contribution in [0.2, 0.25) is 10.0 Å². The third-order valence-corrected chi connectivity index (χ3v) is 7.78. The van der Waals surface area contributed by atoms with E-state index in [-0.39, 0.29) is 0 Å². The van der Waals surface area contributed by atoms with Crippen LogP contribution >= 0.6 is 23.2 Å². The van der Waals surface area contributed by atoms with Crippen molar-refractivity contribution in [1.29, 1.82) is 0 Å². The molecule has 1 fully saturated rings. The summed E-state index contributed by atoms with van der Waals surface area (Å²) in [4.78, 5) is 0. The molecule has 0 aliphatic carbocycles. The van der Waals surface area contributed by atoms with Crippen molar-refractivity contribution < 1.29 is 18.5 Å². The molecule has 8 heteroatoms. The molecule has 4 heterocycles. The first-order valence-corrected chi connectivity index (χ1v) is 12.0. The minimum absolute atomic E-state index is 0.433. The van der Waals surface area contributed by atoms with Gasteiger partial charge in [0.1, 0.15) is 11.5 Å². The summed E-state index contributed by atoms with van der Waals surface area (Å²) in [5.74, 6) is 2.19. The normalized spacial score (nSPS) is 20.3. The minimum Gasteiger partial charge on any atom is -0.462 e. The number of rotatable bonds is 2. The molecule has 2 aromatic carbocycles. The number of nitrogens with zero attached hydrogens (tertiary/aromatic N) is 1. The fraction of sp³-hybridized carbons (Fsp3) is 0.308. The maximum atomic E-state index is 6.96. The summed E-state index contributed by atoms with van der Waals surface area (Å²) in [5, 5.41) is 2.11. The van der Waals surface area contributed by atoms with Crippen molar-refractivity contribution in [3.05, 3.63) is 70.1 Å². The molecule has 0 saturated carbocycles. The van der Waals surface area contributed by atoms with Crippen molar-refractivity contribution in [3.8, 4) is 17.0 Å². The molecule has 4 aromatic rings. The van der Waals surface area contributed by atoms with Crippen molar-refractivity contribution in [1.82, 2.24) is 4.57 Å². The lowest BCUT2D eigenvalue weighted by molar-refractivity contribution is 0.00578. The lowest BCUT2D eigenvalue weighted by Crippen LogP contribution is -2.41. The van der Waals surface area contributed by atoms with Crippen molar-refractivity contribution in [2.75, 3.05) is 0 Å². The smallest absolute Gasteiger partial charge is 0.462 e. The molecule has 1 unspecified atom stereocenters. The Morgan fingerprint density at radius 1 is 0.912 bits per heavy atom. The third-order valence-electron chi connectivity index (χ3n) is 7.17. The zero-order valence-electron chi connectivity index (χ0n) is 19.6. The van der Waals surface area contributed by atoms with Gasteiger partial charge in [-0.3, -0.25) is 4.57 Å². The van der Waals surface area contributed by atoms with E-state index < -0.39 is 24.5 Å². The lowest BCUT2D eigenvalue weighted by Gasteiger charge is -2.32. The molecular formula is C26H24BCl2NO4. The van der Waals surface area contributed by atoms with E-state index in [9.17, 15) is 0 Å². The average Bonchev–Trinajstić information content (AvgIpc) is 3.40. The zero-order valence-corrected chi connectivity index (χ0v) is 21.1. The fourth-order valence-corrected chi connectivity index (χ4v) is 5.16. The van der Waals surface area contributed by atoms with Crippen LogP contribution in [0, 0.1) is 6.92 Å². The van der Waals surface area contributed by atoms with Crippen LogP contribution in [0.4, 0.5) is 0 Å². The number of aromatic nitrogens is 1. The molecule has 0 radical (unpaired) electrons. The molecule has 5 nitrogen and oxygen atoms in total. The van der Waals surface area contributed by atoms with Crippen LogP contribution in [0.3, 0.4) is 0 Å². The largest absolute Gasteiger partial charge is 0.494 e. The number of halogens is 2. The Bertz CT molecular complexity index is 1440. The van der Waals surface area contributed by atoms with Crippen LogP contribution in [0.25, 0.3) is 22.2 Å². The molecular weight excluding hydrogens is 472 g/mol. The second-order valence-electron chi connectivity index (χ2n) is 9.96. The van der Waals surface area contributed by atoms with Gasteiger partial charge in [0.05, 0.1) is 27.4 Å². The molecule has 2 aliphatic rings. The first kappa shape index (κ1) is 22.1. The molecule has 0 N–H and O–H groups in total. The zero-order chi connectivity index (χ0) is 24.0. The van der Waals surface area contributed by atoms with Crippen LogP contribution in [0.15, 0.2) is 52.9 Å². The predicted molar refractivity (Wildman–Crippen MR) is 135 cm³/mol. The van der Waals surface area contributed by atoms with E-state index in [0.29, 0.717) is 21.6 Å². The lowest BCUT2D eigenvalue weighted by atomic mass is 9.78. The summed E-state index contributed by atoms with van der Waals surface area (Å²) in [6.45, 7) is 10.1. The SMILES string of the molecule is Cc1ccc(C2Oc3cc(B4OC(C)(C)C(C)(C)O4)ccc3-c3c(Cl)c4cc(Cl)ccc4n32)o1. The monoisotopic (exact) mass is 495 g/mol. The molecule has 1 atom stereocenters. The summed E-state index contributed by atoms with van der Waals surface area (Å²) in [7, 11) is -0.495. The number of furan rings is 1.